The van der Waals surface area contributed by atoms with E-state index >= 15 is 0 Å². The second-order valence-electron chi connectivity index (χ2n) is 8.85. The second-order valence-corrected chi connectivity index (χ2v) is 8.85. The van der Waals surface area contributed by atoms with Crippen LogP contribution in [0.3, 0.4) is 0 Å². The minimum Gasteiger partial charge on any atom is -0.507 e. The Morgan fingerprint density at radius 2 is 1.84 bits per heavy atom. The van der Waals surface area contributed by atoms with E-state index < -0.39 is 58.4 Å². The monoisotopic (exact) mass is 428 g/mol. The van der Waals surface area contributed by atoms with E-state index in [2.05, 4.69) is 0 Å². The van der Waals surface area contributed by atoms with Gasteiger partial charge in [-0.25, -0.2) is 0 Å². The fourth-order valence-corrected chi connectivity index (χ4v) is 5.64. The Hall–Kier alpha value is -3.04. The van der Waals surface area contributed by atoms with Crippen molar-refractivity contribution in [3.63, 3.8) is 0 Å². The van der Waals surface area contributed by atoms with Gasteiger partial charge in [-0.2, -0.15) is 0 Å². The minimum absolute atomic E-state index is 0.0453. The van der Waals surface area contributed by atoms with Gasteiger partial charge in [-0.1, -0.05) is 19.1 Å². The van der Waals surface area contributed by atoms with Crippen LogP contribution in [0.25, 0.3) is 5.76 Å². The maximum Gasteiger partial charge on any atom is 0.235 e. The third-order valence-corrected chi connectivity index (χ3v) is 7.10. The molecule has 5 N–H and O–H groups in total. The molecule has 1 amide bonds. The molecule has 9 nitrogen and oxygen atoms in total. The Kier molecular flexibility index (Phi) is 4.60. The van der Waals surface area contributed by atoms with E-state index in [1.54, 1.807) is 26.2 Å². The van der Waals surface area contributed by atoms with Crippen LogP contribution in [0.1, 0.15) is 30.4 Å². The number of rotatable bonds is 2. The molecule has 0 heterocycles. The van der Waals surface area contributed by atoms with Crippen LogP contribution >= 0.6 is 0 Å². The van der Waals surface area contributed by atoms with Gasteiger partial charge in [-0.15, -0.1) is 0 Å². The molecule has 0 bridgehead atoms. The average Bonchev–Trinajstić information content (AvgIpc) is 2.68. The zero-order chi connectivity index (χ0) is 23.0. The van der Waals surface area contributed by atoms with Crippen molar-refractivity contribution in [2.24, 2.45) is 23.5 Å². The van der Waals surface area contributed by atoms with Crippen molar-refractivity contribution < 1.29 is 34.5 Å². The summed E-state index contributed by atoms with van der Waals surface area (Å²) in [6, 6.07) is 3.62. The maximum atomic E-state index is 13.6. The molecule has 3 aliphatic rings. The molecule has 9 heteroatoms. The molecule has 4 rings (SSSR count). The fourth-order valence-electron chi connectivity index (χ4n) is 5.64. The normalized spacial score (nSPS) is 35.0. The molecule has 0 radical (unpaired) electrons. The molecule has 3 aliphatic carbocycles. The Morgan fingerprint density at radius 3 is 2.42 bits per heavy atom. The van der Waals surface area contributed by atoms with E-state index in [0.29, 0.717) is 5.56 Å². The Labute approximate surface area is 178 Å². The Balaban J connectivity index is 1.96. The van der Waals surface area contributed by atoms with Gasteiger partial charge in [-0.05, 0) is 44.0 Å². The number of aliphatic hydroxyl groups is 2. The molecule has 1 aromatic rings. The third kappa shape index (κ3) is 2.56. The number of phenolic OH excluding ortho intramolecular Hbond substituents is 1. The first-order valence-electron chi connectivity index (χ1n) is 10.0. The number of nitrogens with zero attached hydrogens (tertiary/aromatic N) is 1. The number of likely N-dealkylation sites (N-methyl/N-ethyl adjacent to an activating group) is 1. The summed E-state index contributed by atoms with van der Waals surface area (Å²) in [5, 5.41) is 32.7. The molecule has 2 fully saturated rings. The first kappa shape index (κ1) is 21.2. The van der Waals surface area contributed by atoms with Crippen molar-refractivity contribution in [2.75, 3.05) is 14.1 Å². The Morgan fingerprint density at radius 1 is 1.19 bits per heavy atom. The highest BCUT2D eigenvalue weighted by Gasteiger charge is 2.68. The number of aliphatic hydroxyl groups excluding tert-OH is 1. The number of hydrogen-bond donors (Lipinski definition) is 4. The first-order valence-corrected chi connectivity index (χ1v) is 10.0. The van der Waals surface area contributed by atoms with Crippen LogP contribution in [0.5, 0.6) is 5.75 Å². The average molecular weight is 428 g/mol. The predicted octanol–water partition coefficient (Wildman–Crippen LogP) is -0.102. The number of primary amides is 1. The van der Waals surface area contributed by atoms with Gasteiger partial charge in [0.25, 0.3) is 0 Å². The minimum atomic E-state index is -2.69. The number of fused-ring (bicyclic) bond motifs is 3. The molecule has 0 spiro atoms. The van der Waals surface area contributed by atoms with Crippen LogP contribution in [-0.4, -0.2) is 69.2 Å². The molecule has 0 aromatic heterocycles. The summed E-state index contributed by atoms with van der Waals surface area (Å²) >= 11 is 0. The molecule has 31 heavy (non-hydrogen) atoms. The highest BCUT2D eigenvalue weighted by molar-refractivity contribution is 6.32. The van der Waals surface area contributed by atoms with Crippen LogP contribution in [0.15, 0.2) is 23.8 Å². The predicted molar refractivity (Wildman–Crippen MR) is 108 cm³/mol. The van der Waals surface area contributed by atoms with Gasteiger partial charge in [0, 0.05) is 11.5 Å². The van der Waals surface area contributed by atoms with Crippen LogP contribution in [-0.2, 0) is 19.2 Å². The summed E-state index contributed by atoms with van der Waals surface area (Å²) in [5.41, 5.74) is 3.11. The number of aromatic hydroxyl groups is 1. The molecular formula is C22H24N2O7. The van der Waals surface area contributed by atoms with Crippen molar-refractivity contribution in [2.45, 2.75) is 30.9 Å². The number of ketones is 3. The van der Waals surface area contributed by atoms with E-state index in [0.717, 1.165) is 0 Å². The van der Waals surface area contributed by atoms with Crippen LogP contribution in [0.2, 0.25) is 0 Å². The van der Waals surface area contributed by atoms with Gasteiger partial charge in [-0.3, -0.25) is 24.1 Å². The Bertz CT molecular complexity index is 1080. The highest BCUT2D eigenvalue weighted by Crippen LogP contribution is 2.54. The van der Waals surface area contributed by atoms with Crippen molar-refractivity contribution in [1.82, 2.24) is 4.90 Å². The number of hydrogen-bond acceptors (Lipinski definition) is 8. The smallest absolute Gasteiger partial charge is 0.235 e. The molecule has 164 valence electrons. The number of nitrogens with two attached hydrogens (primary N) is 1. The van der Waals surface area contributed by atoms with Crippen molar-refractivity contribution >= 4 is 29.0 Å². The van der Waals surface area contributed by atoms with Gasteiger partial charge in [0.15, 0.2) is 23.1 Å². The van der Waals surface area contributed by atoms with Crippen LogP contribution in [0, 0.1) is 17.8 Å². The second kappa shape index (κ2) is 6.73. The van der Waals surface area contributed by atoms with E-state index in [1.807, 2.05) is 6.92 Å². The lowest BCUT2D eigenvalue weighted by molar-refractivity contribution is -0.175. The standard InChI is InChI=1S/C22H24N2O7/c1-8-9-5-4-6-12(25)13(9)17(26)14-10(8)7-11-16(24(2)3)18(27)15(21(23)30)20(29)22(11,31)19(14)28/h4-6,8,10-11,15-16,25-26,31H,7H2,1-3H3,(H2,23,30)/t8?,10-,11+,15?,16+,22+/m1/s1. The van der Waals surface area contributed by atoms with Crippen molar-refractivity contribution in [3.8, 4) is 5.75 Å². The fraction of sp³-hybridized carbons (Fsp3) is 0.455. The quantitative estimate of drug-likeness (QED) is 0.475. The topological polar surface area (TPSA) is 158 Å². The van der Waals surface area contributed by atoms with E-state index in [1.165, 1.54) is 11.0 Å². The number of carbonyl (C=O) groups is 4. The molecule has 1 aromatic carbocycles. The largest absolute Gasteiger partial charge is 0.507 e. The summed E-state index contributed by atoms with van der Waals surface area (Å²) in [6.07, 6.45) is 0.0453. The SMILES string of the molecule is CC1c2cccc(O)c2C(O)=C2C(=O)[C@]3(O)C(=O)C(C(N)=O)C(=O)[C@@H](N(C)C)[C@@H]3C[C@@H]21. The summed E-state index contributed by atoms with van der Waals surface area (Å²) in [5.74, 6) is -9.05. The molecular weight excluding hydrogens is 404 g/mol. The zero-order valence-corrected chi connectivity index (χ0v) is 17.3. The van der Waals surface area contributed by atoms with Crippen molar-refractivity contribution in [3.05, 3.63) is 34.9 Å². The number of carbonyl (C=O) groups excluding carboxylic acids is 4. The van der Waals surface area contributed by atoms with E-state index in [4.69, 9.17) is 5.73 Å². The number of amides is 1. The van der Waals surface area contributed by atoms with Gasteiger partial charge >= 0.3 is 0 Å². The number of benzene rings is 1. The lowest BCUT2D eigenvalue weighted by Crippen LogP contribution is -2.72. The summed E-state index contributed by atoms with van der Waals surface area (Å²) in [7, 11) is 3.11. The summed E-state index contributed by atoms with van der Waals surface area (Å²) in [6.45, 7) is 1.82. The number of phenols is 1. The molecule has 0 saturated heterocycles. The molecule has 2 saturated carbocycles. The highest BCUT2D eigenvalue weighted by atomic mass is 16.3. The molecule has 2 unspecified atom stereocenters. The first-order chi connectivity index (χ1) is 14.4. The van der Waals surface area contributed by atoms with Crippen LogP contribution in [0.4, 0.5) is 0 Å². The third-order valence-electron chi connectivity index (χ3n) is 7.10. The van der Waals surface area contributed by atoms with Crippen molar-refractivity contribution in [1.29, 1.82) is 0 Å². The molecule has 6 atom stereocenters. The lowest BCUT2D eigenvalue weighted by atomic mass is 9.53. The zero-order valence-electron chi connectivity index (χ0n) is 17.3. The van der Waals surface area contributed by atoms with Gasteiger partial charge in [0.05, 0.1) is 11.6 Å². The van der Waals surface area contributed by atoms with E-state index in [9.17, 15) is 34.5 Å². The molecule has 0 aliphatic heterocycles. The summed E-state index contributed by atoms with van der Waals surface area (Å²) < 4.78 is 0. The van der Waals surface area contributed by atoms with Gasteiger partial charge in [0.2, 0.25) is 11.7 Å². The van der Waals surface area contributed by atoms with Gasteiger partial charge < -0.3 is 21.1 Å². The maximum absolute atomic E-state index is 13.6. The summed E-state index contributed by atoms with van der Waals surface area (Å²) in [4.78, 5) is 53.1. The van der Waals surface area contributed by atoms with Crippen LogP contribution < -0.4 is 5.73 Å². The number of Topliss-reactive ketones (excluding diaryl/α,β-unsaturated/α-hetero) is 3. The van der Waals surface area contributed by atoms with Gasteiger partial charge in [0.1, 0.15) is 11.5 Å². The lowest BCUT2D eigenvalue weighted by Gasteiger charge is -2.52. The van der Waals surface area contributed by atoms with E-state index in [-0.39, 0.29) is 29.2 Å².